The van der Waals surface area contributed by atoms with Crippen LogP contribution in [0.2, 0.25) is 0 Å². The van der Waals surface area contributed by atoms with Crippen LogP contribution in [0.3, 0.4) is 0 Å². The van der Waals surface area contributed by atoms with Crippen molar-refractivity contribution in [2.45, 2.75) is 31.6 Å². The fourth-order valence-corrected chi connectivity index (χ4v) is 2.49. The van der Waals surface area contributed by atoms with E-state index in [0.717, 1.165) is 11.1 Å². The first-order valence-electron chi connectivity index (χ1n) is 6.72. The van der Waals surface area contributed by atoms with E-state index in [9.17, 15) is 9.90 Å². The van der Waals surface area contributed by atoms with Gasteiger partial charge < -0.3 is 5.11 Å². The fraction of sp³-hybridized carbons (Fsp3) is 0.312. The molecule has 0 radical (unpaired) electrons. The molecule has 1 N–H and O–H groups in total. The molecule has 0 bridgehead atoms. The first-order chi connectivity index (χ1) is 9.69. The molecule has 2 aromatic heterocycles. The number of pyridine rings is 2. The van der Waals surface area contributed by atoms with E-state index in [1.165, 1.54) is 0 Å². The third kappa shape index (κ3) is 4.42. The molecule has 0 aliphatic rings. The molecule has 0 saturated carbocycles. The highest BCUT2D eigenvalue weighted by molar-refractivity contribution is 5.85. The van der Waals surface area contributed by atoms with Crippen LogP contribution in [0.4, 0.5) is 0 Å². The maximum Gasteiger partial charge on any atom is 0.314 e. The topological polar surface area (TPSA) is 63.1 Å². The predicted molar refractivity (Wildman–Crippen MR) is 90.9 cm³/mol. The minimum absolute atomic E-state index is 0. The highest BCUT2D eigenvalue weighted by Gasteiger charge is 2.38. The number of aliphatic carboxylic acids is 1. The van der Waals surface area contributed by atoms with E-state index in [1.54, 1.807) is 36.9 Å². The lowest BCUT2D eigenvalue weighted by atomic mass is 9.74. The average molecular weight is 343 g/mol. The van der Waals surface area contributed by atoms with Crippen LogP contribution in [0.5, 0.6) is 0 Å². The zero-order valence-electron chi connectivity index (χ0n) is 12.3. The number of halogens is 2. The zero-order valence-corrected chi connectivity index (χ0v) is 13.9. The number of aromatic nitrogens is 2. The molecule has 6 heteroatoms. The van der Waals surface area contributed by atoms with Gasteiger partial charge >= 0.3 is 5.97 Å². The van der Waals surface area contributed by atoms with E-state index >= 15 is 0 Å². The first-order valence-corrected chi connectivity index (χ1v) is 6.72. The second kappa shape index (κ2) is 9.38. The fourth-order valence-electron chi connectivity index (χ4n) is 2.49. The van der Waals surface area contributed by atoms with Crippen molar-refractivity contribution < 1.29 is 9.90 Å². The summed E-state index contributed by atoms with van der Waals surface area (Å²) in [4.78, 5) is 19.8. The maximum atomic E-state index is 11.8. The SMILES string of the molecule is CCC(CCc1ccncc1)(C(=O)O)c1ccncc1.Cl.Cl. The van der Waals surface area contributed by atoms with Gasteiger partial charge in [0.1, 0.15) is 0 Å². The van der Waals surface area contributed by atoms with Gasteiger partial charge in [-0.15, -0.1) is 24.8 Å². The molecule has 22 heavy (non-hydrogen) atoms. The first kappa shape index (κ1) is 20.3. The molecule has 1 atom stereocenters. The molecular formula is C16H20Cl2N2O2. The van der Waals surface area contributed by atoms with Crippen LogP contribution >= 0.6 is 24.8 Å². The molecule has 120 valence electrons. The van der Waals surface area contributed by atoms with Crippen molar-refractivity contribution in [2.75, 3.05) is 0 Å². The summed E-state index contributed by atoms with van der Waals surface area (Å²) < 4.78 is 0. The lowest BCUT2D eigenvalue weighted by Crippen LogP contribution is -2.35. The molecule has 2 rings (SSSR count). The van der Waals surface area contributed by atoms with Crippen LogP contribution in [-0.4, -0.2) is 21.0 Å². The highest BCUT2D eigenvalue weighted by atomic mass is 35.5. The minimum Gasteiger partial charge on any atom is -0.481 e. The van der Waals surface area contributed by atoms with Crippen molar-refractivity contribution in [1.82, 2.24) is 9.97 Å². The summed E-state index contributed by atoms with van der Waals surface area (Å²) in [6.45, 7) is 1.92. The summed E-state index contributed by atoms with van der Waals surface area (Å²) in [7, 11) is 0. The highest BCUT2D eigenvalue weighted by Crippen LogP contribution is 2.33. The van der Waals surface area contributed by atoms with E-state index in [4.69, 9.17) is 0 Å². The molecular weight excluding hydrogens is 323 g/mol. The third-order valence-electron chi connectivity index (χ3n) is 3.84. The Bertz CT molecular complexity index is 567. The molecule has 2 heterocycles. The molecule has 2 aromatic rings. The number of carbonyl (C=O) groups is 1. The Morgan fingerprint density at radius 1 is 1.05 bits per heavy atom. The van der Waals surface area contributed by atoms with E-state index in [-0.39, 0.29) is 24.8 Å². The van der Waals surface area contributed by atoms with Gasteiger partial charge in [0.05, 0.1) is 5.41 Å². The van der Waals surface area contributed by atoms with Crippen molar-refractivity contribution in [1.29, 1.82) is 0 Å². The second-order valence-corrected chi connectivity index (χ2v) is 4.83. The van der Waals surface area contributed by atoms with Crippen LogP contribution < -0.4 is 0 Å². The number of hydrogen-bond acceptors (Lipinski definition) is 3. The zero-order chi connectivity index (χ0) is 14.4. The normalized spacial score (nSPS) is 12.4. The summed E-state index contributed by atoms with van der Waals surface area (Å²) in [6, 6.07) is 7.44. The number of rotatable bonds is 6. The van der Waals surface area contributed by atoms with Crippen LogP contribution in [0.1, 0.15) is 30.9 Å². The molecule has 4 nitrogen and oxygen atoms in total. The van der Waals surface area contributed by atoms with Gasteiger partial charge in [0, 0.05) is 24.8 Å². The molecule has 1 unspecified atom stereocenters. The monoisotopic (exact) mass is 342 g/mol. The number of carboxylic acid groups (broad SMARTS) is 1. The molecule has 0 amide bonds. The molecule has 0 aliphatic carbocycles. The molecule has 0 spiro atoms. The quantitative estimate of drug-likeness (QED) is 0.869. The second-order valence-electron chi connectivity index (χ2n) is 4.83. The molecule has 0 fully saturated rings. The lowest BCUT2D eigenvalue weighted by Gasteiger charge is -2.28. The molecule has 0 aliphatic heterocycles. The van der Waals surface area contributed by atoms with Gasteiger partial charge in [-0.1, -0.05) is 6.92 Å². The third-order valence-corrected chi connectivity index (χ3v) is 3.84. The number of hydrogen-bond donors (Lipinski definition) is 1. The van der Waals surface area contributed by atoms with Crippen LogP contribution in [0.15, 0.2) is 49.1 Å². The van der Waals surface area contributed by atoms with E-state index in [2.05, 4.69) is 9.97 Å². The summed E-state index contributed by atoms with van der Waals surface area (Å²) in [5.41, 5.74) is 1.07. The van der Waals surface area contributed by atoms with Gasteiger partial charge in [0.25, 0.3) is 0 Å². The van der Waals surface area contributed by atoms with Gasteiger partial charge in [-0.05, 0) is 54.7 Å². The minimum atomic E-state index is -0.855. The van der Waals surface area contributed by atoms with Crippen molar-refractivity contribution in [3.05, 3.63) is 60.2 Å². The summed E-state index contributed by atoms with van der Waals surface area (Å²) in [5, 5.41) is 9.72. The van der Waals surface area contributed by atoms with Crippen molar-refractivity contribution >= 4 is 30.8 Å². The lowest BCUT2D eigenvalue weighted by molar-refractivity contribution is -0.144. The standard InChI is InChI=1S/C16H18N2O2.2ClH/c1-2-16(15(19)20,14-6-11-18-12-7-14)8-3-13-4-9-17-10-5-13;;/h4-7,9-12H,2-3,8H2,1H3,(H,19,20);2*1H. The predicted octanol–water partition coefficient (Wildman–Crippen LogP) is 3.69. The van der Waals surface area contributed by atoms with Gasteiger partial charge in [0.15, 0.2) is 0 Å². The Morgan fingerprint density at radius 2 is 1.55 bits per heavy atom. The van der Waals surface area contributed by atoms with E-state index in [1.807, 2.05) is 19.1 Å². The van der Waals surface area contributed by atoms with Gasteiger partial charge in [-0.25, -0.2) is 0 Å². The molecule has 0 aromatic carbocycles. The van der Waals surface area contributed by atoms with E-state index < -0.39 is 11.4 Å². The Labute approximate surface area is 142 Å². The maximum absolute atomic E-state index is 11.8. The van der Waals surface area contributed by atoms with Gasteiger partial charge in [-0.3, -0.25) is 14.8 Å². The van der Waals surface area contributed by atoms with Crippen LogP contribution in [0, 0.1) is 0 Å². The van der Waals surface area contributed by atoms with Gasteiger partial charge in [0.2, 0.25) is 0 Å². The average Bonchev–Trinajstić information content (AvgIpc) is 2.50. The Kier molecular flexibility index (Phi) is 8.68. The smallest absolute Gasteiger partial charge is 0.314 e. The van der Waals surface area contributed by atoms with Crippen molar-refractivity contribution in [3.63, 3.8) is 0 Å². The van der Waals surface area contributed by atoms with E-state index in [0.29, 0.717) is 19.3 Å². The molecule has 0 saturated heterocycles. The van der Waals surface area contributed by atoms with Gasteiger partial charge in [-0.2, -0.15) is 0 Å². The number of carboxylic acids is 1. The van der Waals surface area contributed by atoms with Crippen molar-refractivity contribution in [3.8, 4) is 0 Å². The van der Waals surface area contributed by atoms with Crippen LogP contribution in [-0.2, 0) is 16.6 Å². The number of aryl methyl sites for hydroxylation is 1. The van der Waals surface area contributed by atoms with Crippen LogP contribution in [0.25, 0.3) is 0 Å². The largest absolute Gasteiger partial charge is 0.481 e. The Morgan fingerprint density at radius 3 is 2.00 bits per heavy atom. The summed E-state index contributed by atoms with van der Waals surface area (Å²) in [5.74, 6) is -0.778. The summed E-state index contributed by atoms with van der Waals surface area (Å²) in [6.07, 6.45) is 8.59. The Balaban J connectivity index is 0.00000220. The van der Waals surface area contributed by atoms with Crippen molar-refractivity contribution in [2.24, 2.45) is 0 Å². The Hall–Kier alpha value is -1.65. The summed E-state index contributed by atoms with van der Waals surface area (Å²) >= 11 is 0. The number of nitrogens with zero attached hydrogens (tertiary/aromatic N) is 2.